The monoisotopic (exact) mass is 300 g/mol. The highest BCUT2D eigenvalue weighted by atomic mass is 16.5. The van der Waals surface area contributed by atoms with Gasteiger partial charge in [0, 0.05) is 20.0 Å². The van der Waals surface area contributed by atoms with E-state index in [9.17, 15) is 14.4 Å². The Morgan fingerprint density at radius 3 is 1.86 bits per heavy atom. The molecule has 6 heteroatoms. The molecule has 2 N–H and O–H groups in total. The van der Waals surface area contributed by atoms with E-state index in [0.29, 0.717) is 13.0 Å². The third-order valence-electron chi connectivity index (χ3n) is 3.25. The number of ether oxygens (including phenoxy) is 1. The highest BCUT2D eigenvalue weighted by Gasteiger charge is 2.08. The predicted molar refractivity (Wildman–Crippen MR) is 80.6 cm³/mol. The van der Waals surface area contributed by atoms with E-state index in [-0.39, 0.29) is 5.97 Å². The standard InChI is InChI=1S/C15H28N2O4/c1-16-14(19)15(20)17-12-10-8-6-4-3-5-7-9-11-13(18)21-2/h3-12H2,1-2H3,(H,16,19)(H,17,20). The summed E-state index contributed by atoms with van der Waals surface area (Å²) in [6.45, 7) is 0.547. The molecule has 122 valence electrons. The Hall–Kier alpha value is -1.59. The Morgan fingerprint density at radius 2 is 1.33 bits per heavy atom. The summed E-state index contributed by atoms with van der Waals surface area (Å²) in [4.78, 5) is 32.9. The zero-order valence-corrected chi connectivity index (χ0v) is 13.2. The Balaban J connectivity index is 3.21. The van der Waals surface area contributed by atoms with Crippen LogP contribution in [0, 0.1) is 0 Å². The molecule has 0 heterocycles. The number of unbranched alkanes of at least 4 members (excludes halogenated alkanes) is 7. The zero-order valence-electron chi connectivity index (χ0n) is 13.2. The van der Waals surface area contributed by atoms with Gasteiger partial charge >= 0.3 is 17.8 Å². The third-order valence-corrected chi connectivity index (χ3v) is 3.25. The van der Waals surface area contributed by atoms with Gasteiger partial charge in [-0.25, -0.2) is 0 Å². The molecule has 0 fully saturated rings. The molecule has 0 aromatic rings. The normalized spacial score (nSPS) is 10.0. The lowest BCUT2D eigenvalue weighted by Crippen LogP contribution is -2.38. The van der Waals surface area contributed by atoms with E-state index in [0.717, 1.165) is 38.5 Å². The maximum Gasteiger partial charge on any atom is 0.309 e. The van der Waals surface area contributed by atoms with Crippen LogP contribution in [0.15, 0.2) is 0 Å². The molecule has 21 heavy (non-hydrogen) atoms. The molecule has 0 unspecified atom stereocenters. The Kier molecular flexibility index (Phi) is 12.4. The summed E-state index contributed by atoms with van der Waals surface area (Å²) in [7, 11) is 2.85. The molecule has 0 spiro atoms. The van der Waals surface area contributed by atoms with Gasteiger partial charge in [0.25, 0.3) is 0 Å². The van der Waals surface area contributed by atoms with Crippen LogP contribution in [0.2, 0.25) is 0 Å². The summed E-state index contributed by atoms with van der Waals surface area (Å²) in [5, 5.41) is 4.85. The number of nitrogens with one attached hydrogen (secondary N) is 2. The average molecular weight is 300 g/mol. The van der Waals surface area contributed by atoms with Crippen LogP contribution in [0.1, 0.15) is 57.8 Å². The van der Waals surface area contributed by atoms with E-state index in [1.807, 2.05) is 0 Å². The summed E-state index contributed by atoms with van der Waals surface area (Å²) < 4.78 is 4.58. The van der Waals surface area contributed by atoms with Crippen molar-refractivity contribution in [1.82, 2.24) is 10.6 Å². The first-order valence-electron chi connectivity index (χ1n) is 7.68. The highest BCUT2D eigenvalue weighted by molar-refractivity contribution is 6.34. The van der Waals surface area contributed by atoms with E-state index < -0.39 is 11.8 Å². The van der Waals surface area contributed by atoms with E-state index in [1.54, 1.807) is 0 Å². The first-order valence-corrected chi connectivity index (χ1v) is 7.68. The number of esters is 1. The molecule has 2 amide bonds. The Morgan fingerprint density at radius 1 is 0.810 bits per heavy atom. The summed E-state index contributed by atoms with van der Waals surface area (Å²) in [6.07, 6.45) is 9.04. The molecule has 0 atom stereocenters. The number of hydrogen-bond acceptors (Lipinski definition) is 4. The van der Waals surface area contributed by atoms with Gasteiger partial charge in [0.2, 0.25) is 0 Å². The number of rotatable bonds is 11. The molecule has 0 bridgehead atoms. The molecule has 0 aliphatic carbocycles. The van der Waals surface area contributed by atoms with E-state index >= 15 is 0 Å². The van der Waals surface area contributed by atoms with Crippen molar-refractivity contribution < 1.29 is 19.1 Å². The van der Waals surface area contributed by atoms with Crippen molar-refractivity contribution in [2.24, 2.45) is 0 Å². The summed E-state index contributed by atoms with van der Waals surface area (Å²) >= 11 is 0. The van der Waals surface area contributed by atoms with Crippen LogP contribution >= 0.6 is 0 Å². The number of amides is 2. The quantitative estimate of drug-likeness (QED) is 0.344. The third kappa shape index (κ3) is 11.9. The number of likely N-dealkylation sites (N-methyl/N-ethyl adjacent to an activating group) is 1. The van der Waals surface area contributed by atoms with Crippen molar-refractivity contribution in [3.8, 4) is 0 Å². The molecule has 0 aromatic heterocycles. The van der Waals surface area contributed by atoms with Gasteiger partial charge in [0.15, 0.2) is 0 Å². The van der Waals surface area contributed by atoms with Crippen LogP contribution in [-0.2, 0) is 19.1 Å². The molecule has 0 aliphatic rings. The van der Waals surface area contributed by atoms with Gasteiger partial charge in [0.05, 0.1) is 7.11 Å². The number of hydrogen-bond donors (Lipinski definition) is 2. The average Bonchev–Trinajstić information content (AvgIpc) is 2.50. The Labute approximate surface area is 127 Å². The second-order valence-corrected chi connectivity index (χ2v) is 4.99. The molecular weight excluding hydrogens is 272 g/mol. The second kappa shape index (κ2) is 13.4. The molecule has 0 saturated carbocycles. The first-order chi connectivity index (χ1) is 10.1. The molecule has 6 nitrogen and oxygen atoms in total. The lowest BCUT2D eigenvalue weighted by Gasteiger charge is -2.04. The fourth-order valence-corrected chi connectivity index (χ4v) is 1.95. The fourth-order valence-electron chi connectivity index (χ4n) is 1.95. The van der Waals surface area contributed by atoms with Crippen molar-refractivity contribution in [2.75, 3.05) is 20.7 Å². The molecule has 0 aliphatic heterocycles. The van der Waals surface area contributed by atoms with Gasteiger partial charge in [-0.2, -0.15) is 0 Å². The van der Waals surface area contributed by atoms with E-state index in [2.05, 4.69) is 15.4 Å². The number of methoxy groups -OCH3 is 1. The van der Waals surface area contributed by atoms with Crippen molar-refractivity contribution in [3.63, 3.8) is 0 Å². The number of carbonyl (C=O) groups excluding carboxylic acids is 3. The molecule has 0 aromatic carbocycles. The SMILES string of the molecule is CNC(=O)C(=O)NCCCCCCCCCCC(=O)OC. The van der Waals surface area contributed by atoms with Gasteiger partial charge < -0.3 is 15.4 Å². The predicted octanol–water partition coefficient (Wildman–Crippen LogP) is 1.53. The lowest BCUT2D eigenvalue weighted by molar-refractivity contribution is -0.140. The van der Waals surface area contributed by atoms with Gasteiger partial charge in [0.1, 0.15) is 0 Å². The maximum atomic E-state index is 11.1. The first kappa shape index (κ1) is 19.4. The second-order valence-electron chi connectivity index (χ2n) is 4.99. The largest absolute Gasteiger partial charge is 0.469 e. The van der Waals surface area contributed by atoms with Gasteiger partial charge in [-0.3, -0.25) is 14.4 Å². The van der Waals surface area contributed by atoms with Crippen LogP contribution < -0.4 is 10.6 Å². The molecule has 0 rings (SSSR count). The molecule has 0 radical (unpaired) electrons. The van der Waals surface area contributed by atoms with Gasteiger partial charge in [-0.05, 0) is 12.8 Å². The van der Waals surface area contributed by atoms with Crippen LogP contribution in [-0.4, -0.2) is 38.5 Å². The highest BCUT2D eigenvalue weighted by Crippen LogP contribution is 2.09. The molecule has 0 saturated heterocycles. The topological polar surface area (TPSA) is 84.5 Å². The summed E-state index contributed by atoms with van der Waals surface area (Å²) in [5.41, 5.74) is 0. The van der Waals surface area contributed by atoms with Crippen molar-refractivity contribution >= 4 is 17.8 Å². The Bertz CT molecular complexity index is 319. The van der Waals surface area contributed by atoms with Crippen molar-refractivity contribution in [3.05, 3.63) is 0 Å². The summed E-state index contributed by atoms with van der Waals surface area (Å²) in [5.74, 6) is -1.29. The zero-order chi connectivity index (χ0) is 15.9. The van der Waals surface area contributed by atoms with Crippen LogP contribution in [0.5, 0.6) is 0 Å². The molecular formula is C15H28N2O4. The minimum atomic E-state index is -0.595. The fraction of sp³-hybridized carbons (Fsp3) is 0.800. The van der Waals surface area contributed by atoms with Crippen LogP contribution in [0.25, 0.3) is 0 Å². The van der Waals surface area contributed by atoms with Crippen LogP contribution in [0.4, 0.5) is 0 Å². The summed E-state index contributed by atoms with van der Waals surface area (Å²) in [6, 6.07) is 0. The van der Waals surface area contributed by atoms with Crippen molar-refractivity contribution in [1.29, 1.82) is 0 Å². The maximum absolute atomic E-state index is 11.1. The van der Waals surface area contributed by atoms with Crippen LogP contribution in [0.3, 0.4) is 0 Å². The van der Waals surface area contributed by atoms with E-state index in [4.69, 9.17) is 0 Å². The van der Waals surface area contributed by atoms with Gasteiger partial charge in [-0.1, -0.05) is 38.5 Å². The smallest absolute Gasteiger partial charge is 0.309 e. The van der Waals surface area contributed by atoms with Gasteiger partial charge in [-0.15, -0.1) is 0 Å². The van der Waals surface area contributed by atoms with Crippen molar-refractivity contribution in [2.45, 2.75) is 57.8 Å². The minimum absolute atomic E-state index is 0.131. The minimum Gasteiger partial charge on any atom is -0.469 e. The lowest BCUT2D eigenvalue weighted by atomic mass is 10.1. The van der Waals surface area contributed by atoms with E-state index in [1.165, 1.54) is 27.0 Å². The number of carbonyl (C=O) groups is 3.